The number of phenolic OH excluding ortho intramolecular Hbond substituents is 2. The molecule has 10 N–H and O–H groups in total. The Bertz CT molecular complexity index is 2630. The third kappa shape index (κ3) is 18.8. The number of nitrogens with two attached hydrogens (primary N) is 2. The molecule has 65 heavy (non-hydrogen) atoms. The number of aryl methyl sites for hydroxylation is 3. The van der Waals surface area contributed by atoms with E-state index in [2.05, 4.69) is 40.5 Å². The van der Waals surface area contributed by atoms with Gasteiger partial charge >= 0.3 is 0 Å². The number of hydrogen-bond donors (Lipinski definition) is 8. The highest BCUT2D eigenvalue weighted by Gasteiger charge is 2.17. The van der Waals surface area contributed by atoms with Gasteiger partial charge in [0.15, 0.2) is 27.8 Å². The standard InChI is InChI=1S/C17H17N3O3S.C9H10ClNO3.C7H7N3S.C6H9N3.C4H8O.CH3I/c1-10-5-11-6-17(20-13(11)8-18-10)24-9-16(22)19-12-3-4-15(23-2)14(21)7-12;1-14-8-3-2-6(4-7(8)12)11-9(13)5-10;1-4-2-5-6(3-8-4)10-7(11)9-5;1-4-2-5(7)6(8)3-9-4;1-2-4-5-3-1;1-2/h3-5,7-8,21H,6,9H2,1-2H3,(H,19,22);2-4,12H,5H2,1H3,(H,11,13);2-3H,1H3,(H2,9,10,11);2-3H,8H2,1H3,(H2,7,9);1-4H2;1H3/i;;;;;1TD. The fourth-order valence-corrected chi connectivity index (χ4v) is 6.57. The van der Waals surface area contributed by atoms with Crippen molar-refractivity contribution in [3.8, 4) is 23.0 Å². The normalized spacial score (nSPS) is 12.6. The second-order valence-electron chi connectivity index (χ2n) is 13.7. The number of aromatic nitrogens is 5. The van der Waals surface area contributed by atoms with Crippen molar-refractivity contribution in [2.75, 3.05) is 66.0 Å². The smallest absolute Gasteiger partial charge is 0.239 e. The van der Waals surface area contributed by atoms with Crippen LogP contribution in [0.1, 0.15) is 38.2 Å². The number of ether oxygens (including phenoxy) is 3. The highest BCUT2D eigenvalue weighted by molar-refractivity contribution is 14.1. The number of benzene rings is 2. The number of aromatic hydroxyl groups is 2. The van der Waals surface area contributed by atoms with Gasteiger partial charge in [-0.05, 0) is 98.7 Å². The van der Waals surface area contributed by atoms with E-state index in [0.29, 0.717) is 39.0 Å². The van der Waals surface area contributed by atoms with Gasteiger partial charge in [0.1, 0.15) is 5.88 Å². The summed E-state index contributed by atoms with van der Waals surface area (Å²) in [4.78, 5) is 45.0. The van der Waals surface area contributed by atoms with Crippen LogP contribution in [0, 0.1) is 25.5 Å². The summed E-state index contributed by atoms with van der Waals surface area (Å²) in [5.41, 5.74) is 19.8. The van der Waals surface area contributed by atoms with E-state index in [0.717, 1.165) is 64.0 Å². The molecule has 2 aromatic carbocycles. The monoisotopic (exact) mass is 1060 g/mol. The zero-order valence-corrected chi connectivity index (χ0v) is 41.0. The number of anilines is 4. The number of amides is 2. The molecule has 0 aliphatic carbocycles. The van der Waals surface area contributed by atoms with Crippen LogP contribution >= 0.6 is 58.2 Å². The highest BCUT2D eigenvalue weighted by atomic mass is 127. The molecule has 4 aromatic heterocycles. The second-order valence-corrected chi connectivity index (χ2v) is 15.4. The van der Waals surface area contributed by atoms with Crippen LogP contribution in [0.4, 0.5) is 28.4 Å². The minimum atomic E-state index is -0.697. The van der Waals surface area contributed by atoms with E-state index in [9.17, 15) is 19.8 Å². The fraction of sp³-hybridized carbons (Fsp3) is 0.295. The van der Waals surface area contributed by atoms with Gasteiger partial charge in [0.25, 0.3) is 0 Å². The molecule has 21 heteroatoms. The largest absolute Gasteiger partial charge is 0.504 e. The van der Waals surface area contributed by atoms with Crippen molar-refractivity contribution in [2.24, 2.45) is 4.99 Å². The molecule has 17 nitrogen and oxygen atoms in total. The van der Waals surface area contributed by atoms with E-state index in [4.69, 9.17) is 52.2 Å². The van der Waals surface area contributed by atoms with Gasteiger partial charge in [-0.1, -0.05) is 22.6 Å². The van der Waals surface area contributed by atoms with Crippen molar-refractivity contribution in [1.29, 1.82) is 0 Å². The van der Waals surface area contributed by atoms with Gasteiger partial charge in [-0.25, -0.2) is 4.99 Å². The number of pyridine rings is 3. The number of nitrogens with one attached hydrogen (secondary N) is 4. The molecule has 2 aliphatic heterocycles. The first-order chi connectivity index (χ1) is 31.9. The first-order valence-electron chi connectivity index (χ1n) is 20.7. The van der Waals surface area contributed by atoms with Gasteiger partial charge in [-0.15, -0.1) is 23.4 Å². The van der Waals surface area contributed by atoms with Crippen molar-refractivity contribution in [3.63, 3.8) is 0 Å². The molecule has 6 heterocycles. The van der Waals surface area contributed by atoms with Crippen LogP contribution < -0.4 is 31.6 Å². The summed E-state index contributed by atoms with van der Waals surface area (Å²) >= 11 is 13.3. The average molecular weight is 1060 g/mol. The first kappa shape index (κ1) is 50.3. The lowest BCUT2D eigenvalue weighted by molar-refractivity contribution is -0.114. The molecule has 348 valence electrons. The lowest BCUT2D eigenvalue weighted by atomic mass is 10.2. The summed E-state index contributed by atoms with van der Waals surface area (Å²) in [6, 6.07) is 15.0. The molecule has 2 aliphatic rings. The van der Waals surface area contributed by atoms with Crippen LogP contribution in [-0.2, 0) is 20.7 Å². The number of nitrogens with zero attached hydrogens (tertiary/aromatic N) is 4. The minimum Gasteiger partial charge on any atom is -0.504 e. The number of alkyl halides is 2. The fourth-order valence-electron chi connectivity index (χ4n) is 5.49. The zero-order valence-electron chi connectivity index (χ0n) is 38.4. The molecule has 0 radical (unpaired) electrons. The Kier molecular flexibility index (Phi) is 21.9. The molecule has 0 spiro atoms. The van der Waals surface area contributed by atoms with Crippen LogP contribution in [0.15, 0.2) is 78.2 Å². The van der Waals surface area contributed by atoms with Crippen LogP contribution in [-0.4, -0.2) is 95.9 Å². The zero-order chi connectivity index (χ0) is 49.5. The van der Waals surface area contributed by atoms with Crippen molar-refractivity contribution in [3.05, 3.63) is 101 Å². The average Bonchev–Trinajstić information content (AvgIpc) is 4.07. The Morgan fingerprint density at radius 3 is 1.94 bits per heavy atom. The summed E-state index contributed by atoms with van der Waals surface area (Å²) < 4.78 is 27.9. The number of carbonyl (C=O) groups is 2. The predicted octanol–water partition coefficient (Wildman–Crippen LogP) is 8.97. The number of methoxy groups -OCH3 is 2. The number of nitrogen functional groups attached to an aromatic ring is 2. The lowest BCUT2D eigenvalue weighted by Crippen LogP contribution is -2.15. The molecule has 0 saturated carbocycles. The van der Waals surface area contributed by atoms with E-state index in [1.165, 1.54) is 51.0 Å². The number of imidazole rings is 1. The van der Waals surface area contributed by atoms with Gasteiger partial charge < -0.3 is 56.5 Å². The predicted molar refractivity (Wildman–Crippen MR) is 273 cm³/mol. The maximum absolute atomic E-state index is 12.0. The summed E-state index contributed by atoms with van der Waals surface area (Å²) in [6.45, 7) is 7.77. The van der Waals surface area contributed by atoms with Gasteiger partial charge in [-0.2, -0.15) is 0 Å². The number of aliphatic imine (C=N–C) groups is 1. The number of halogens is 2. The van der Waals surface area contributed by atoms with Gasteiger partial charge in [0, 0.05) is 63.0 Å². The maximum Gasteiger partial charge on any atom is 0.239 e. The maximum atomic E-state index is 12.0. The number of aromatic amines is 2. The Morgan fingerprint density at radius 2 is 1.42 bits per heavy atom. The second kappa shape index (κ2) is 28.3. The van der Waals surface area contributed by atoms with Crippen LogP contribution in [0.25, 0.3) is 11.0 Å². The Labute approximate surface area is 408 Å². The summed E-state index contributed by atoms with van der Waals surface area (Å²) in [5, 5.41) is 25.2. The van der Waals surface area contributed by atoms with Crippen molar-refractivity contribution < 1.29 is 36.8 Å². The molecular formula is C44H54ClIN10O7S2. The van der Waals surface area contributed by atoms with Gasteiger partial charge in [-0.3, -0.25) is 24.5 Å². The number of rotatable bonds is 7. The highest BCUT2D eigenvalue weighted by Crippen LogP contribution is 2.31. The summed E-state index contributed by atoms with van der Waals surface area (Å²) in [6.07, 6.45) is 8.39. The van der Waals surface area contributed by atoms with Crippen molar-refractivity contribution in [1.82, 2.24) is 24.9 Å². The molecule has 1 atom stereocenters. The third-order valence-electron chi connectivity index (χ3n) is 8.58. The molecule has 6 aromatic rings. The Hall–Kier alpha value is -5.68. The van der Waals surface area contributed by atoms with Crippen molar-refractivity contribution in [2.45, 2.75) is 40.0 Å². The molecule has 1 saturated heterocycles. The topological polar surface area (TPSA) is 261 Å². The van der Waals surface area contributed by atoms with Gasteiger partial charge in [0.2, 0.25) is 11.8 Å². The van der Waals surface area contributed by atoms with Crippen molar-refractivity contribution >= 4 is 114 Å². The molecule has 2 amide bonds. The number of phenols is 2. The van der Waals surface area contributed by atoms with Crippen LogP contribution in [0.2, 0.25) is 0 Å². The van der Waals surface area contributed by atoms with E-state index < -0.39 is 4.88 Å². The first-order valence-corrected chi connectivity index (χ1v) is 22.7. The Morgan fingerprint density at radius 1 is 0.877 bits per heavy atom. The number of H-pyrrole nitrogens is 2. The molecule has 1 fully saturated rings. The third-order valence-corrected chi connectivity index (χ3v) is 10.00. The van der Waals surface area contributed by atoms with E-state index >= 15 is 0 Å². The number of hydrogen-bond acceptors (Lipinski definition) is 15. The lowest BCUT2D eigenvalue weighted by Gasteiger charge is -2.08. The SMILES string of the molecule is C1CCOC1.COc1ccc(NC(=O)CCl)cc1O.COc1ccc(NC(=O)CSC2=Nc3cnc(C)cc3C2)cc1O.Cc1cc(N)c(N)cn1.Cc1cc2[nH]c(=S)[nH]c2cn1.[2H]C([3H])I. The van der Waals surface area contributed by atoms with Crippen LogP contribution in [0.3, 0.4) is 0 Å². The number of fused-ring (bicyclic) bond motifs is 2. The Balaban J connectivity index is 0.000000236. The number of thioether (sulfide) groups is 1. The summed E-state index contributed by atoms with van der Waals surface area (Å²) in [5.74, 6) is 0.340. The van der Waals surface area contributed by atoms with E-state index in [1.807, 2.05) is 32.9 Å². The molecular weight excluding hydrogens is 1010 g/mol. The molecule has 8 rings (SSSR count). The van der Waals surface area contributed by atoms with Gasteiger partial charge in [0.05, 0.1) is 71.7 Å². The molecule has 0 bridgehead atoms. The quantitative estimate of drug-likeness (QED) is 0.0422. The summed E-state index contributed by atoms with van der Waals surface area (Å²) in [7, 11) is 2.92. The van der Waals surface area contributed by atoms with E-state index in [1.54, 1.807) is 71.5 Å². The van der Waals surface area contributed by atoms with E-state index in [-0.39, 0.29) is 34.9 Å². The number of carbonyl (C=O) groups excluding carboxylic acids is 2. The minimum absolute atomic E-state index is 0.0126. The van der Waals surface area contributed by atoms with Crippen LogP contribution in [0.5, 0.6) is 23.0 Å². The molecule has 1 unspecified atom stereocenters.